The molecule has 0 amide bonds. The summed E-state index contributed by atoms with van der Waals surface area (Å²) in [5.74, 6) is 0.531. The minimum atomic E-state index is 0.284. The SMILES string of the molecule is [CH2]C(CCCCCCCCBr)C(Br)CCC(C)Cl. The Kier molecular flexibility index (Phi) is 14.2. The molecule has 1 radical (unpaired) electrons. The summed E-state index contributed by atoms with van der Waals surface area (Å²) < 4.78 is 0. The Bertz CT molecular complexity index is 174. The second kappa shape index (κ2) is 13.2. The predicted octanol–water partition coefficient (Wildman–Crippen LogP) is 6.73. The Morgan fingerprint density at radius 1 is 0.944 bits per heavy atom. The van der Waals surface area contributed by atoms with E-state index in [1.165, 1.54) is 44.9 Å². The van der Waals surface area contributed by atoms with Gasteiger partial charge in [0, 0.05) is 15.5 Å². The molecule has 0 spiro atoms. The average molecular weight is 404 g/mol. The molecule has 0 N–H and O–H groups in total. The second-order valence-electron chi connectivity index (χ2n) is 5.23. The predicted molar refractivity (Wildman–Crippen MR) is 92.2 cm³/mol. The van der Waals surface area contributed by atoms with Gasteiger partial charge in [-0.1, -0.05) is 64.0 Å². The molecule has 0 rings (SSSR count). The molecule has 3 atom stereocenters. The molecule has 0 bridgehead atoms. The lowest BCUT2D eigenvalue weighted by atomic mass is 9.96. The molecule has 0 aromatic heterocycles. The fraction of sp³-hybridized carbons (Fsp3) is 0.933. The number of hydrogen-bond donors (Lipinski definition) is 0. The van der Waals surface area contributed by atoms with Crippen LogP contribution in [0.5, 0.6) is 0 Å². The summed E-state index contributed by atoms with van der Waals surface area (Å²) >= 11 is 13.2. The first kappa shape index (κ1) is 19.2. The highest BCUT2D eigenvalue weighted by Crippen LogP contribution is 2.24. The van der Waals surface area contributed by atoms with E-state index in [9.17, 15) is 0 Å². The quantitative estimate of drug-likeness (QED) is 0.250. The van der Waals surface area contributed by atoms with E-state index in [1.807, 2.05) is 0 Å². The van der Waals surface area contributed by atoms with Gasteiger partial charge >= 0.3 is 0 Å². The fourth-order valence-corrected chi connectivity index (χ4v) is 3.06. The van der Waals surface area contributed by atoms with Crippen molar-refractivity contribution in [3.63, 3.8) is 0 Å². The van der Waals surface area contributed by atoms with Crippen molar-refractivity contribution in [3.05, 3.63) is 6.92 Å². The molecule has 0 fully saturated rings. The van der Waals surface area contributed by atoms with Gasteiger partial charge < -0.3 is 0 Å². The van der Waals surface area contributed by atoms with Crippen LogP contribution in [0.1, 0.15) is 64.7 Å². The standard InChI is InChI=1S/C15H28Br2Cl/c1-13(15(17)11-10-14(2)18)9-7-5-3-4-6-8-12-16/h13-15H,1,3-12H2,2H3. The summed E-state index contributed by atoms with van der Waals surface area (Å²) in [5.41, 5.74) is 0. The van der Waals surface area contributed by atoms with Crippen molar-refractivity contribution < 1.29 is 0 Å². The van der Waals surface area contributed by atoms with Crippen molar-refractivity contribution in [1.29, 1.82) is 0 Å². The van der Waals surface area contributed by atoms with Crippen molar-refractivity contribution >= 4 is 43.5 Å². The number of alkyl halides is 3. The minimum Gasteiger partial charge on any atom is -0.123 e. The van der Waals surface area contributed by atoms with E-state index in [1.54, 1.807) is 0 Å². The van der Waals surface area contributed by atoms with Crippen LogP contribution in [0.3, 0.4) is 0 Å². The Hall–Kier alpha value is 1.25. The number of unbranched alkanes of at least 4 members (excludes halogenated alkanes) is 5. The van der Waals surface area contributed by atoms with Gasteiger partial charge in [0.25, 0.3) is 0 Å². The zero-order valence-electron chi connectivity index (χ0n) is 11.6. The number of rotatable bonds is 12. The fourth-order valence-electron chi connectivity index (χ4n) is 2.01. The highest BCUT2D eigenvalue weighted by Gasteiger charge is 2.14. The smallest absolute Gasteiger partial charge is 0.0308 e. The third-order valence-electron chi connectivity index (χ3n) is 3.31. The first-order valence-corrected chi connectivity index (χ1v) is 9.72. The lowest BCUT2D eigenvalue weighted by molar-refractivity contribution is 0.486. The Balaban J connectivity index is 3.37. The van der Waals surface area contributed by atoms with Gasteiger partial charge in [-0.2, -0.15) is 0 Å². The van der Waals surface area contributed by atoms with Crippen LogP contribution in [-0.4, -0.2) is 15.5 Å². The molecule has 0 saturated carbocycles. The topological polar surface area (TPSA) is 0 Å². The van der Waals surface area contributed by atoms with Gasteiger partial charge in [0.2, 0.25) is 0 Å². The number of halogens is 3. The van der Waals surface area contributed by atoms with Crippen molar-refractivity contribution in [2.45, 2.75) is 74.9 Å². The van der Waals surface area contributed by atoms with Crippen LogP contribution >= 0.6 is 43.5 Å². The molecule has 0 aliphatic carbocycles. The summed E-state index contributed by atoms with van der Waals surface area (Å²) in [5, 5.41) is 1.43. The zero-order valence-corrected chi connectivity index (χ0v) is 15.6. The molecule has 109 valence electrons. The molecular formula is C15H28Br2Cl. The van der Waals surface area contributed by atoms with E-state index < -0.39 is 0 Å². The van der Waals surface area contributed by atoms with Crippen molar-refractivity contribution in [2.75, 3.05) is 5.33 Å². The van der Waals surface area contributed by atoms with Crippen LogP contribution in [0, 0.1) is 12.8 Å². The molecule has 0 aliphatic rings. The van der Waals surface area contributed by atoms with E-state index in [4.69, 9.17) is 11.6 Å². The molecule has 3 heteroatoms. The summed E-state index contributed by atoms with van der Waals surface area (Å²) in [6.07, 6.45) is 11.6. The van der Waals surface area contributed by atoms with Gasteiger partial charge in [-0.05, 0) is 45.4 Å². The van der Waals surface area contributed by atoms with E-state index in [-0.39, 0.29) is 5.38 Å². The second-order valence-corrected chi connectivity index (χ2v) is 7.95. The van der Waals surface area contributed by atoms with E-state index in [2.05, 4.69) is 45.7 Å². The lowest BCUT2D eigenvalue weighted by Crippen LogP contribution is -2.12. The normalized spacial score (nSPS) is 16.5. The Morgan fingerprint density at radius 3 is 2.06 bits per heavy atom. The summed E-state index contributed by atoms with van der Waals surface area (Å²) in [6, 6.07) is 0. The van der Waals surface area contributed by atoms with E-state index in [0.717, 1.165) is 18.2 Å². The molecule has 0 saturated heterocycles. The first-order chi connectivity index (χ1) is 8.57. The highest BCUT2D eigenvalue weighted by atomic mass is 79.9. The summed E-state index contributed by atoms with van der Waals surface area (Å²) in [7, 11) is 0. The average Bonchev–Trinajstić information content (AvgIpc) is 2.34. The molecule has 0 heterocycles. The molecule has 18 heavy (non-hydrogen) atoms. The van der Waals surface area contributed by atoms with E-state index in [0.29, 0.717) is 10.7 Å². The van der Waals surface area contributed by atoms with Gasteiger partial charge in [0.1, 0.15) is 0 Å². The van der Waals surface area contributed by atoms with Crippen LogP contribution in [0.4, 0.5) is 0 Å². The maximum absolute atomic E-state index is 5.97. The van der Waals surface area contributed by atoms with Gasteiger partial charge in [0.05, 0.1) is 0 Å². The van der Waals surface area contributed by atoms with Crippen molar-refractivity contribution in [1.82, 2.24) is 0 Å². The van der Waals surface area contributed by atoms with Gasteiger partial charge in [-0.3, -0.25) is 0 Å². The molecule has 3 unspecified atom stereocenters. The van der Waals surface area contributed by atoms with Crippen LogP contribution in [0.15, 0.2) is 0 Å². The number of hydrogen-bond acceptors (Lipinski definition) is 0. The molecule has 0 aromatic rings. The maximum atomic E-state index is 5.97. The van der Waals surface area contributed by atoms with Gasteiger partial charge in [-0.15, -0.1) is 11.6 Å². The monoisotopic (exact) mass is 401 g/mol. The third-order valence-corrected chi connectivity index (χ3v) is 5.29. The Morgan fingerprint density at radius 2 is 1.50 bits per heavy atom. The van der Waals surface area contributed by atoms with Gasteiger partial charge in [0.15, 0.2) is 0 Å². The third kappa shape index (κ3) is 12.3. The summed E-state index contributed by atoms with van der Waals surface area (Å²) in [4.78, 5) is 0.534. The largest absolute Gasteiger partial charge is 0.123 e. The van der Waals surface area contributed by atoms with Crippen molar-refractivity contribution in [2.24, 2.45) is 5.92 Å². The Labute approximate surface area is 136 Å². The van der Waals surface area contributed by atoms with Crippen LogP contribution in [0.25, 0.3) is 0 Å². The molecule has 0 nitrogen and oxygen atoms in total. The van der Waals surface area contributed by atoms with Crippen LogP contribution in [-0.2, 0) is 0 Å². The van der Waals surface area contributed by atoms with Crippen LogP contribution in [0.2, 0.25) is 0 Å². The first-order valence-electron chi connectivity index (χ1n) is 7.25. The lowest BCUT2D eigenvalue weighted by Gasteiger charge is -2.18. The molecular weight excluding hydrogens is 375 g/mol. The maximum Gasteiger partial charge on any atom is 0.0308 e. The van der Waals surface area contributed by atoms with Crippen LogP contribution < -0.4 is 0 Å². The summed E-state index contributed by atoms with van der Waals surface area (Å²) in [6.45, 7) is 6.33. The molecule has 0 aliphatic heterocycles. The van der Waals surface area contributed by atoms with Crippen molar-refractivity contribution in [3.8, 4) is 0 Å². The minimum absolute atomic E-state index is 0.284. The zero-order chi connectivity index (χ0) is 13.8. The van der Waals surface area contributed by atoms with E-state index >= 15 is 0 Å². The highest BCUT2D eigenvalue weighted by molar-refractivity contribution is 9.09. The molecule has 0 aromatic carbocycles. The van der Waals surface area contributed by atoms with Gasteiger partial charge in [-0.25, -0.2) is 0 Å².